The number of carbonyl (C=O) groups excluding carboxylic acids is 3. The number of nitrogens with zero attached hydrogens (tertiary/aromatic N) is 1. The molecule has 4 rings (SSSR count). The summed E-state index contributed by atoms with van der Waals surface area (Å²) < 4.78 is 25.5. The highest BCUT2D eigenvalue weighted by Crippen LogP contribution is 2.23. The highest BCUT2D eigenvalue weighted by atomic mass is 19.1. The molecular weight excluding hydrogens is 571 g/mol. The van der Waals surface area contributed by atoms with Crippen LogP contribution in [-0.2, 0) is 20.7 Å². The number of ketones is 1. The minimum Gasteiger partial charge on any atom is -0.494 e. The largest absolute Gasteiger partial charge is 0.494 e. The summed E-state index contributed by atoms with van der Waals surface area (Å²) in [5, 5.41) is 3.22. The average Bonchev–Trinajstić information content (AvgIpc) is 3.05. The summed E-state index contributed by atoms with van der Waals surface area (Å²) in [5.41, 5.74) is 2.69. The second kappa shape index (κ2) is 16.2. The fourth-order valence-electron chi connectivity index (χ4n) is 4.95. The van der Waals surface area contributed by atoms with Gasteiger partial charge in [-0.1, -0.05) is 80.6 Å². The smallest absolute Gasteiger partial charge is 0.328 e. The topological polar surface area (TPSA) is 84.9 Å². The van der Waals surface area contributed by atoms with Gasteiger partial charge in [-0.15, -0.1) is 0 Å². The first-order valence-corrected chi connectivity index (χ1v) is 15.1. The van der Waals surface area contributed by atoms with Gasteiger partial charge in [0.15, 0.2) is 5.78 Å². The summed E-state index contributed by atoms with van der Waals surface area (Å²) in [6.07, 6.45) is 1.15. The standard InChI is InChI=1S/C37H39FN2O5/c1-26(2)24-35(41)40(34-17-10-8-15-31(34)38)22-11-23-45-29-20-18-27(19-21-29)25-33(37(43)44-3)39-32-16-9-7-14-30(32)36(42)28-12-5-4-6-13-28/h4-10,12-21,26,33,39H,11,22-25H2,1-3H3. The van der Waals surface area contributed by atoms with Crippen molar-refractivity contribution < 1.29 is 28.2 Å². The van der Waals surface area contributed by atoms with Crippen LogP contribution in [0, 0.1) is 11.7 Å². The lowest BCUT2D eigenvalue weighted by atomic mass is 10.00. The molecule has 0 bridgehead atoms. The molecule has 234 valence electrons. The van der Waals surface area contributed by atoms with Crippen LogP contribution >= 0.6 is 0 Å². The molecule has 1 N–H and O–H groups in total. The number of ether oxygens (including phenoxy) is 2. The second-order valence-corrected chi connectivity index (χ2v) is 11.1. The Morgan fingerprint density at radius 3 is 2.20 bits per heavy atom. The Bertz CT molecular complexity index is 1570. The Hall–Kier alpha value is -4.98. The number of hydrogen-bond acceptors (Lipinski definition) is 6. The van der Waals surface area contributed by atoms with Gasteiger partial charge in [-0.05, 0) is 54.3 Å². The zero-order valence-electron chi connectivity index (χ0n) is 25.9. The Kier molecular flexibility index (Phi) is 11.8. The molecule has 0 radical (unpaired) electrons. The molecule has 0 aliphatic rings. The molecule has 8 heteroatoms. The highest BCUT2D eigenvalue weighted by Gasteiger charge is 2.23. The van der Waals surface area contributed by atoms with E-state index in [1.807, 2.05) is 56.3 Å². The normalized spacial score (nSPS) is 11.5. The quantitative estimate of drug-likeness (QED) is 0.0878. The molecule has 4 aromatic carbocycles. The number of anilines is 2. The predicted octanol–water partition coefficient (Wildman–Crippen LogP) is 7.10. The summed E-state index contributed by atoms with van der Waals surface area (Å²) in [5.74, 6) is -0.376. The van der Waals surface area contributed by atoms with E-state index in [0.717, 1.165) is 5.56 Å². The van der Waals surface area contributed by atoms with Gasteiger partial charge in [0.2, 0.25) is 5.91 Å². The molecule has 0 saturated heterocycles. The maximum atomic E-state index is 14.5. The number of amides is 1. The summed E-state index contributed by atoms with van der Waals surface area (Å²) in [7, 11) is 1.33. The minimum absolute atomic E-state index is 0.125. The summed E-state index contributed by atoms with van der Waals surface area (Å²) in [6, 6.07) is 29.0. The van der Waals surface area contributed by atoms with Gasteiger partial charge >= 0.3 is 5.97 Å². The number of halogens is 1. The maximum Gasteiger partial charge on any atom is 0.328 e. The van der Waals surface area contributed by atoms with Gasteiger partial charge in [-0.3, -0.25) is 9.59 Å². The van der Waals surface area contributed by atoms with Gasteiger partial charge in [0.05, 0.1) is 19.4 Å². The van der Waals surface area contributed by atoms with Crippen LogP contribution < -0.4 is 15.0 Å². The lowest BCUT2D eigenvalue weighted by Crippen LogP contribution is -2.34. The molecule has 1 unspecified atom stereocenters. The number of benzene rings is 4. The Morgan fingerprint density at radius 2 is 1.51 bits per heavy atom. The van der Waals surface area contributed by atoms with Crippen molar-refractivity contribution in [1.29, 1.82) is 0 Å². The molecule has 0 aliphatic carbocycles. The molecule has 1 atom stereocenters. The molecule has 45 heavy (non-hydrogen) atoms. The second-order valence-electron chi connectivity index (χ2n) is 11.1. The van der Waals surface area contributed by atoms with Crippen LogP contribution in [-0.4, -0.2) is 44.0 Å². The number of rotatable bonds is 15. The maximum absolute atomic E-state index is 14.5. The Morgan fingerprint density at radius 1 is 0.844 bits per heavy atom. The zero-order valence-corrected chi connectivity index (χ0v) is 25.9. The number of methoxy groups -OCH3 is 1. The first-order valence-electron chi connectivity index (χ1n) is 15.1. The Labute approximate surface area is 264 Å². The van der Waals surface area contributed by atoms with E-state index in [-0.39, 0.29) is 23.3 Å². The van der Waals surface area contributed by atoms with E-state index in [1.165, 1.54) is 18.1 Å². The van der Waals surface area contributed by atoms with Gasteiger partial charge in [0.1, 0.15) is 17.6 Å². The monoisotopic (exact) mass is 610 g/mol. The number of nitrogens with one attached hydrogen (secondary N) is 1. The van der Waals surface area contributed by atoms with E-state index >= 15 is 0 Å². The van der Waals surface area contributed by atoms with E-state index < -0.39 is 17.8 Å². The summed E-state index contributed by atoms with van der Waals surface area (Å²) in [4.78, 5) is 40.3. The number of hydrogen-bond donors (Lipinski definition) is 1. The van der Waals surface area contributed by atoms with Gasteiger partial charge < -0.3 is 19.7 Å². The van der Waals surface area contributed by atoms with Crippen LogP contribution in [0.5, 0.6) is 5.75 Å². The van der Waals surface area contributed by atoms with Crippen LogP contribution in [0.2, 0.25) is 0 Å². The van der Waals surface area contributed by atoms with Crippen molar-refractivity contribution in [2.75, 3.05) is 30.5 Å². The van der Waals surface area contributed by atoms with Crippen molar-refractivity contribution in [2.45, 2.75) is 39.2 Å². The molecule has 0 aromatic heterocycles. The number of carbonyl (C=O) groups is 3. The van der Waals surface area contributed by atoms with Gasteiger partial charge in [0, 0.05) is 36.2 Å². The molecule has 0 heterocycles. The summed E-state index contributed by atoms with van der Waals surface area (Å²) >= 11 is 0. The number of para-hydroxylation sites is 2. The fourth-order valence-corrected chi connectivity index (χ4v) is 4.95. The average molecular weight is 611 g/mol. The van der Waals surface area contributed by atoms with Crippen LogP contribution in [0.4, 0.5) is 15.8 Å². The minimum atomic E-state index is -0.737. The molecule has 0 spiro atoms. The van der Waals surface area contributed by atoms with Gasteiger partial charge in [-0.25, -0.2) is 9.18 Å². The van der Waals surface area contributed by atoms with Crippen LogP contribution in [0.25, 0.3) is 0 Å². The Balaban J connectivity index is 1.37. The third kappa shape index (κ3) is 9.25. The zero-order chi connectivity index (χ0) is 32.2. The SMILES string of the molecule is COC(=O)C(Cc1ccc(OCCCN(C(=O)CC(C)C)c2ccccc2F)cc1)Nc1ccccc1C(=O)c1ccccc1. The van der Waals surface area contributed by atoms with E-state index in [4.69, 9.17) is 9.47 Å². The molecular formula is C37H39FN2O5. The predicted molar refractivity (Wildman–Crippen MR) is 174 cm³/mol. The molecule has 0 aliphatic heterocycles. The third-order valence-corrected chi connectivity index (χ3v) is 7.21. The number of esters is 1. The van der Waals surface area contributed by atoms with Crippen LogP contribution in [0.3, 0.4) is 0 Å². The fraction of sp³-hybridized carbons (Fsp3) is 0.270. The van der Waals surface area contributed by atoms with Crippen molar-refractivity contribution in [3.8, 4) is 5.75 Å². The van der Waals surface area contributed by atoms with E-state index in [1.54, 1.807) is 54.6 Å². The van der Waals surface area contributed by atoms with Crippen molar-refractivity contribution in [3.05, 3.63) is 126 Å². The van der Waals surface area contributed by atoms with E-state index in [2.05, 4.69) is 5.32 Å². The highest BCUT2D eigenvalue weighted by molar-refractivity contribution is 6.12. The van der Waals surface area contributed by atoms with Crippen molar-refractivity contribution in [1.82, 2.24) is 0 Å². The molecule has 1 amide bonds. The van der Waals surface area contributed by atoms with Crippen molar-refractivity contribution >= 4 is 29.0 Å². The van der Waals surface area contributed by atoms with Crippen LogP contribution in [0.1, 0.15) is 48.2 Å². The molecule has 0 fully saturated rings. The molecule has 4 aromatic rings. The lowest BCUT2D eigenvalue weighted by Gasteiger charge is -2.24. The van der Waals surface area contributed by atoms with Gasteiger partial charge in [0.25, 0.3) is 0 Å². The van der Waals surface area contributed by atoms with Crippen molar-refractivity contribution in [3.63, 3.8) is 0 Å². The molecule has 0 saturated carbocycles. The first kappa shape index (κ1) is 32.9. The third-order valence-electron chi connectivity index (χ3n) is 7.21. The summed E-state index contributed by atoms with van der Waals surface area (Å²) in [6.45, 7) is 4.57. The lowest BCUT2D eigenvalue weighted by molar-refractivity contribution is -0.141. The molecule has 7 nitrogen and oxygen atoms in total. The first-order chi connectivity index (χ1) is 21.8. The van der Waals surface area contributed by atoms with E-state index in [0.29, 0.717) is 55.0 Å². The van der Waals surface area contributed by atoms with Crippen LogP contribution in [0.15, 0.2) is 103 Å². The van der Waals surface area contributed by atoms with Crippen molar-refractivity contribution in [2.24, 2.45) is 5.92 Å². The van der Waals surface area contributed by atoms with E-state index in [9.17, 15) is 18.8 Å². The van der Waals surface area contributed by atoms with Gasteiger partial charge in [-0.2, -0.15) is 0 Å².